The fraction of sp³-hybridized carbons (Fsp3) is 0.556. The van der Waals surface area contributed by atoms with E-state index < -0.39 is 0 Å². The highest BCUT2D eigenvalue weighted by Gasteiger charge is 2.44. The van der Waals surface area contributed by atoms with Gasteiger partial charge >= 0.3 is 0 Å². The highest BCUT2D eigenvalue weighted by Crippen LogP contribution is 2.41. The molecule has 2 aromatic rings. The maximum absolute atomic E-state index is 12.8. The summed E-state index contributed by atoms with van der Waals surface area (Å²) < 4.78 is 5.24. The molecule has 1 aromatic heterocycles. The van der Waals surface area contributed by atoms with Crippen LogP contribution in [0, 0.1) is 11.3 Å². The minimum Gasteiger partial charge on any atom is -0.497 e. The molecule has 184 valence electrons. The highest BCUT2D eigenvalue weighted by molar-refractivity contribution is 7.10. The molecule has 1 aromatic carbocycles. The molecule has 4 rings (SSSR count). The fourth-order valence-electron chi connectivity index (χ4n) is 5.09. The zero-order valence-electron chi connectivity index (χ0n) is 20.6. The molecule has 1 N–H and O–H groups in total. The van der Waals surface area contributed by atoms with Crippen molar-refractivity contribution in [3.63, 3.8) is 0 Å². The van der Waals surface area contributed by atoms with E-state index in [0.717, 1.165) is 56.8 Å². The van der Waals surface area contributed by atoms with Crippen LogP contribution in [0.3, 0.4) is 0 Å². The number of nitrogens with zero attached hydrogens (tertiary/aromatic N) is 2. The normalized spacial score (nSPS) is 19.1. The quantitative estimate of drug-likeness (QED) is 0.572. The van der Waals surface area contributed by atoms with E-state index in [1.807, 2.05) is 49.1 Å². The number of benzene rings is 1. The van der Waals surface area contributed by atoms with Crippen molar-refractivity contribution in [2.45, 2.75) is 52.1 Å². The molecule has 2 aliphatic rings. The van der Waals surface area contributed by atoms with Gasteiger partial charge in [0.15, 0.2) is 0 Å². The Labute approximate surface area is 207 Å². The largest absolute Gasteiger partial charge is 0.497 e. The van der Waals surface area contributed by atoms with Gasteiger partial charge in [0, 0.05) is 36.9 Å². The number of piperidine rings is 1. The number of hydrogen-bond acceptors (Lipinski definition) is 5. The molecular weight excluding hydrogens is 446 g/mol. The van der Waals surface area contributed by atoms with Gasteiger partial charge < -0.3 is 19.9 Å². The molecule has 7 heteroatoms. The van der Waals surface area contributed by atoms with E-state index in [1.165, 1.54) is 4.88 Å². The summed E-state index contributed by atoms with van der Waals surface area (Å²) in [5.74, 6) is 1.21. The smallest absolute Gasteiger partial charge is 0.223 e. The van der Waals surface area contributed by atoms with E-state index in [2.05, 4.69) is 21.7 Å². The van der Waals surface area contributed by atoms with E-state index in [4.69, 9.17) is 4.74 Å². The first kappa shape index (κ1) is 24.7. The molecule has 2 aliphatic heterocycles. The number of ether oxygens (including phenoxy) is 1. The predicted molar refractivity (Wildman–Crippen MR) is 136 cm³/mol. The fourth-order valence-corrected chi connectivity index (χ4v) is 5.90. The Hall–Kier alpha value is -2.38. The second-order valence-corrected chi connectivity index (χ2v) is 11.1. The van der Waals surface area contributed by atoms with E-state index in [1.54, 1.807) is 18.4 Å². The van der Waals surface area contributed by atoms with E-state index in [0.29, 0.717) is 13.0 Å². The molecule has 1 spiro atoms. The molecular formula is C27H37N3O3S. The molecule has 34 heavy (non-hydrogen) atoms. The van der Waals surface area contributed by atoms with Crippen LogP contribution in [0.4, 0.5) is 0 Å². The SMILES string of the molecule is COc1ccc(CN2CC3(CCN(CCC(NC(=O)C(C)C)c4cccs4)CC3)CC2=O)cc1. The Balaban J connectivity index is 1.28. The molecule has 6 nitrogen and oxygen atoms in total. The predicted octanol–water partition coefficient (Wildman–Crippen LogP) is 4.47. The van der Waals surface area contributed by atoms with E-state index in [9.17, 15) is 9.59 Å². The summed E-state index contributed by atoms with van der Waals surface area (Å²) in [7, 11) is 1.67. The van der Waals surface area contributed by atoms with Crippen molar-refractivity contribution in [2.75, 3.05) is 33.3 Å². The standard InChI is InChI=1S/C27H37N3O3S/c1-20(2)26(32)28-23(24-5-4-16-34-24)10-13-29-14-11-27(12-15-29)17-25(31)30(19-27)18-21-6-8-22(33-3)9-7-21/h4-9,16,20,23H,10-15,17-19H2,1-3H3,(H,28,32). The summed E-state index contributed by atoms with van der Waals surface area (Å²) in [5, 5.41) is 5.31. The molecule has 0 aliphatic carbocycles. The van der Waals surface area contributed by atoms with Gasteiger partial charge in [-0.2, -0.15) is 0 Å². The van der Waals surface area contributed by atoms with Gasteiger partial charge in [-0.1, -0.05) is 32.0 Å². The summed E-state index contributed by atoms with van der Waals surface area (Å²) >= 11 is 1.71. The molecule has 0 saturated carbocycles. The van der Waals surface area contributed by atoms with Gasteiger partial charge in [0.1, 0.15) is 5.75 Å². The van der Waals surface area contributed by atoms with Crippen LogP contribution >= 0.6 is 11.3 Å². The number of nitrogens with one attached hydrogen (secondary N) is 1. The van der Waals surface area contributed by atoms with Crippen LogP contribution < -0.4 is 10.1 Å². The Bertz CT molecular complexity index is 950. The average Bonchev–Trinajstić information content (AvgIpc) is 3.47. The Kier molecular flexibility index (Phi) is 7.94. The monoisotopic (exact) mass is 483 g/mol. The van der Waals surface area contributed by atoms with Crippen molar-refractivity contribution < 1.29 is 14.3 Å². The first-order valence-electron chi connectivity index (χ1n) is 12.3. The number of methoxy groups -OCH3 is 1. The summed E-state index contributed by atoms with van der Waals surface area (Å²) in [6.45, 7) is 8.39. The van der Waals surface area contributed by atoms with Gasteiger partial charge in [-0.25, -0.2) is 0 Å². The summed E-state index contributed by atoms with van der Waals surface area (Å²) in [6.07, 6.45) is 3.69. The topological polar surface area (TPSA) is 61.9 Å². The zero-order chi connectivity index (χ0) is 24.1. The number of amides is 2. The van der Waals surface area contributed by atoms with Crippen molar-refractivity contribution in [1.82, 2.24) is 15.1 Å². The van der Waals surface area contributed by atoms with Crippen molar-refractivity contribution in [2.24, 2.45) is 11.3 Å². The number of carbonyl (C=O) groups is 2. The van der Waals surface area contributed by atoms with Crippen LogP contribution in [-0.2, 0) is 16.1 Å². The number of carbonyl (C=O) groups excluding carboxylic acids is 2. The minimum atomic E-state index is -0.0157. The lowest BCUT2D eigenvalue weighted by atomic mass is 9.77. The van der Waals surface area contributed by atoms with E-state index >= 15 is 0 Å². The van der Waals surface area contributed by atoms with Crippen LogP contribution in [0.1, 0.15) is 56.0 Å². The first-order valence-corrected chi connectivity index (χ1v) is 13.2. The molecule has 0 radical (unpaired) electrons. The van der Waals surface area contributed by atoms with Gasteiger partial charge in [-0.05, 0) is 66.9 Å². The number of likely N-dealkylation sites (tertiary alicyclic amines) is 2. The van der Waals surface area contributed by atoms with Crippen LogP contribution in [-0.4, -0.2) is 54.9 Å². The van der Waals surface area contributed by atoms with Crippen LogP contribution in [0.2, 0.25) is 0 Å². The van der Waals surface area contributed by atoms with Crippen molar-refractivity contribution in [3.05, 3.63) is 52.2 Å². The molecule has 1 atom stereocenters. The molecule has 0 bridgehead atoms. The Morgan fingerprint density at radius 2 is 1.91 bits per heavy atom. The van der Waals surface area contributed by atoms with Crippen molar-refractivity contribution >= 4 is 23.2 Å². The lowest BCUT2D eigenvalue weighted by molar-refractivity contribution is -0.128. The van der Waals surface area contributed by atoms with Crippen LogP contribution in [0.25, 0.3) is 0 Å². The lowest BCUT2D eigenvalue weighted by Crippen LogP contribution is -2.42. The van der Waals surface area contributed by atoms with Crippen LogP contribution in [0.15, 0.2) is 41.8 Å². The second kappa shape index (κ2) is 10.9. The first-order chi connectivity index (χ1) is 16.4. The third-order valence-electron chi connectivity index (χ3n) is 7.32. The Morgan fingerprint density at radius 3 is 2.53 bits per heavy atom. The van der Waals surface area contributed by atoms with Gasteiger partial charge in [-0.15, -0.1) is 11.3 Å². The van der Waals surface area contributed by atoms with Gasteiger partial charge in [-0.3, -0.25) is 9.59 Å². The molecule has 2 saturated heterocycles. The molecule has 2 fully saturated rings. The number of rotatable bonds is 9. The van der Waals surface area contributed by atoms with E-state index in [-0.39, 0.29) is 29.2 Å². The van der Waals surface area contributed by atoms with Crippen LogP contribution in [0.5, 0.6) is 5.75 Å². The molecule has 3 heterocycles. The van der Waals surface area contributed by atoms with Crippen molar-refractivity contribution in [1.29, 1.82) is 0 Å². The summed E-state index contributed by atoms with van der Waals surface area (Å²) in [6, 6.07) is 12.2. The van der Waals surface area contributed by atoms with Gasteiger partial charge in [0.2, 0.25) is 11.8 Å². The average molecular weight is 484 g/mol. The van der Waals surface area contributed by atoms with Crippen molar-refractivity contribution in [3.8, 4) is 5.75 Å². The molecule has 2 amide bonds. The zero-order valence-corrected chi connectivity index (χ0v) is 21.4. The maximum Gasteiger partial charge on any atom is 0.223 e. The summed E-state index contributed by atoms with van der Waals surface area (Å²) in [5.41, 5.74) is 1.26. The molecule has 1 unspecified atom stereocenters. The highest BCUT2D eigenvalue weighted by atomic mass is 32.1. The number of hydrogen-bond donors (Lipinski definition) is 1. The number of thiophene rings is 1. The third-order valence-corrected chi connectivity index (χ3v) is 8.30. The maximum atomic E-state index is 12.8. The second-order valence-electron chi connectivity index (χ2n) is 10.1. The Morgan fingerprint density at radius 1 is 1.18 bits per heavy atom. The third kappa shape index (κ3) is 5.99. The van der Waals surface area contributed by atoms with Gasteiger partial charge in [0.25, 0.3) is 0 Å². The van der Waals surface area contributed by atoms with Gasteiger partial charge in [0.05, 0.1) is 13.2 Å². The summed E-state index contributed by atoms with van der Waals surface area (Å²) in [4.78, 5) is 30.9. The minimum absolute atomic E-state index is 0.0157. The lowest BCUT2D eigenvalue weighted by Gasteiger charge is -2.39.